The van der Waals surface area contributed by atoms with Gasteiger partial charge in [-0.15, -0.1) is 11.3 Å². The number of aryl methyl sites for hydroxylation is 1. The molecule has 6 heteroatoms. The summed E-state index contributed by atoms with van der Waals surface area (Å²) in [7, 11) is 0. The average molecular weight is 394 g/mol. The van der Waals surface area contributed by atoms with Crippen molar-refractivity contribution >= 4 is 17.2 Å². The third kappa shape index (κ3) is 3.87. The van der Waals surface area contributed by atoms with Gasteiger partial charge in [0, 0.05) is 24.0 Å². The lowest BCUT2D eigenvalue weighted by Gasteiger charge is -2.22. The predicted octanol–water partition coefficient (Wildman–Crippen LogP) is 4.55. The largest absolute Gasteiger partial charge is 0.486 e. The molecule has 1 aliphatic heterocycles. The molecule has 0 atom stereocenters. The van der Waals surface area contributed by atoms with Crippen LogP contribution < -0.4 is 9.47 Å². The fraction of sp³-hybridized carbons (Fsp3) is 0.273. The van der Waals surface area contributed by atoms with Crippen molar-refractivity contribution in [3.63, 3.8) is 0 Å². The second-order valence-electron chi connectivity index (χ2n) is 6.70. The van der Waals surface area contributed by atoms with Gasteiger partial charge in [-0.25, -0.2) is 4.98 Å². The number of aromatic nitrogens is 1. The Hall–Kier alpha value is -2.86. The summed E-state index contributed by atoms with van der Waals surface area (Å²) >= 11 is 1.49. The normalized spacial score (nSPS) is 12.6. The fourth-order valence-corrected chi connectivity index (χ4v) is 3.90. The van der Waals surface area contributed by atoms with E-state index in [2.05, 4.69) is 24.0 Å². The van der Waals surface area contributed by atoms with Crippen molar-refractivity contribution < 1.29 is 14.3 Å². The molecule has 3 aromatic rings. The van der Waals surface area contributed by atoms with Crippen molar-refractivity contribution in [1.29, 1.82) is 0 Å². The lowest BCUT2D eigenvalue weighted by Crippen LogP contribution is -2.30. The maximum atomic E-state index is 13.0. The van der Waals surface area contributed by atoms with Gasteiger partial charge >= 0.3 is 0 Å². The second kappa shape index (κ2) is 8.02. The summed E-state index contributed by atoms with van der Waals surface area (Å²) < 4.78 is 11.2. The van der Waals surface area contributed by atoms with E-state index in [1.165, 1.54) is 16.9 Å². The van der Waals surface area contributed by atoms with E-state index in [0.29, 0.717) is 32.0 Å². The molecule has 5 nitrogen and oxygen atoms in total. The Kier molecular flexibility index (Phi) is 5.30. The molecule has 0 saturated heterocycles. The molecular weight excluding hydrogens is 372 g/mol. The van der Waals surface area contributed by atoms with Crippen LogP contribution in [0.2, 0.25) is 0 Å². The highest BCUT2D eigenvalue weighted by Crippen LogP contribution is 2.31. The quantitative estimate of drug-likeness (QED) is 0.637. The number of hydrogen-bond donors (Lipinski definition) is 0. The molecule has 2 heterocycles. The molecule has 1 aromatic heterocycles. The summed E-state index contributed by atoms with van der Waals surface area (Å²) in [4.78, 5) is 19.3. The van der Waals surface area contributed by atoms with Crippen molar-refractivity contribution in [1.82, 2.24) is 9.88 Å². The number of amides is 1. The third-order valence-corrected chi connectivity index (χ3v) is 5.56. The van der Waals surface area contributed by atoms with Gasteiger partial charge in [0.1, 0.15) is 23.9 Å². The maximum absolute atomic E-state index is 13.0. The van der Waals surface area contributed by atoms with Gasteiger partial charge in [-0.05, 0) is 31.5 Å². The lowest BCUT2D eigenvalue weighted by molar-refractivity contribution is 0.0747. The summed E-state index contributed by atoms with van der Waals surface area (Å²) in [5, 5.41) is 2.70. The summed E-state index contributed by atoms with van der Waals surface area (Å²) in [6, 6.07) is 14.0. The first kappa shape index (κ1) is 18.5. The Morgan fingerprint density at radius 1 is 1.11 bits per heavy atom. The van der Waals surface area contributed by atoms with E-state index >= 15 is 0 Å². The molecule has 2 aromatic carbocycles. The SMILES string of the molecule is CCN(Cc1ccc2c(c1)OCCO2)C(=O)c1csc(-c2ccc(C)cc2)n1. The Balaban J connectivity index is 1.50. The van der Waals surface area contributed by atoms with Gasteiger partial charge in [-0.3, -0.25) is 4.79 Å². The number of carbonyl (C=O) groups excluding carboxylic acids is 1. The minimum Gasteiger partial charge on any atom is -0.486 e. The summed E-state index contributed by atoms with van der Waals surface area (Å²) in [6.45, 7) is 6.25. The monoisotopic (exact) mass is 394 g/mol. The molecule has 0 spiro atoms. The van der Waals surface area contributed by atoms with Gasteiger partial charge in [0.25, 0.3) is 5.91 Å². The van der Waals surface area contributed by atoms with Crippen LogP contribution in [0.25, 0.3) is 10.6 Å². The number of thiazole rings is 1. The van der Waals surface area contributed by atoms with Gasteiger partial charge in [0.05, 0.1) is 0 Å². The molecule has 0 fully saturated rings. The van der Waals surface area contributed by atoms with E-state index in [1.807, 2.05) is 42.6 Å². The number of hydrogen-bond acceptors (Lipinski definition) is 5. The number of fused-ring (bicyclic) bond motifs is 1. The van der Waals surface area contributed by atoms with E-state index in [-0.39, 0.29) is 5.91 Å². The Bertz CT molecular complexity index is 982. The lowest BCUT2D eigenvalue weighted by atomic mass is 10.1. The van der Waals surface area contributed by atoms with E-state index in [4.69, 9.17) is 9.47 Å². The van der Waals surface area contributed by atoms with E-state index in [9.17, 15) is 4.79 Å². The van der Waals surface area contributed by atoms with Crippen LogP contribution in [0.1, 0.15) is 28.5 Å². The molecule has 0 aliphatic carbocycles. The molecule has 1 aliphatic rings. The van der Waals surface area contributed by atoms with Crippen LogP contribution in [0.3, 0.4) is 0 Å². The molecule has 0 bridgehead atoms. The van der Waals surface area contributed by atoms with Crippen LogP contribution in [0.4, 0.5) is 0 Å². The highest BCUT2D eigenvalue weighted by molar-refractivity contribution is 7.13. The van der Waals surface area contributed by atoms with Crippen molar-refractivity contribution in [2.24, 2.45) is 0 Å². The van der Waals surface area contributed by atoms with Crippen LogP contribution in [-0.2, 0) is 6.54 Å². The van der Waals surface area contributed by atoms with Gasteiger partial charge in [-0.2, -0.15) is 0 Å². The minimum absolute atomic E-state index is 0.0630. The molecule has 28 heavy (non-hydrogen) atoms. The first-order valence-corrected chi connectivity index (χ1v) is 10.2. The summed E-state index contributed by atoms with van der Waals surface area (Å²) in [5.74, 6) is 1.43. The first-order chi connectivity index (χ1) is 13.6. The van der Waals surface area contributed by atoms with Gasteiger partial charge < -0.3 is 14.4 Å². The molecule has 1 amide bonds. The standard InChI is InChI=1S/C22H22N2O3S/c1-3-24(13-16-6-9-19-20(12-16)27-11-10-26-19)22(25)18-14-28-21(23-18)17-7-4-15(2)5-8-17/h4-9,12,14H,3,10-11,13H2,1-2H3. The molecular formula is C22H22N2O3S. The zero-order valence-corrected chi connectivity index (χ0v) is 16.8. The minimum atomic E-state index is -0.0630. The number of carbonyl (C=O) groups is 1. The van der Waals surface area contributed by atoms with Gasteiger partial charge in [0.15, 0.2) is 11.5 Å². The Morgan fingerprint density at radius 2 is 1.86 bits per heavy atom. The van der Waals surface area contributed by atoms with Crippen molar-refractivity contribution in [2.75, 3.05) is 19.8 Å². The maximum Gasteiger partial charge on any atom is 0.273 e. The zero-order chi connectivity index (χ0) is 19.5. The van der Waals surface area contributed by atoms with E-state index < -0.39 is 0 Å². The average Bonchev–Trinajstić information content (AvgIpc) is 3.22. The van der Waals surface area contributed by atoms with Crippen LogP contribution in [0, 0.1) is 6.92 Å². The topological polar surface area (TPSA) is 51.7 Å². The van der Waals surface area contributed by atoms with Crippen LogP contribution in [-0.4, -0.2) is 35.5 Å². The smallest absolute Gasteiger partial charge is 0.273 e. The molecule has 0 unspecified atom stereocenters. The number of ether oxygens (including phenoxy) is 2. The Labute approximate surface area is 168 Å². The highest BCUT2D eigenvalue weighted by Gasteiger charge is 2.20. The van der Waals surface area contributed by atoms with Crippen LogP contribution in [0.15, 0.2) is 47.8 Å². The molecule has 4 rings (SSSR count). The summed E-state index contributed by atoms with van der Waals surface area (Å²) in [6.07, 6.45) is 0. The highest BCUT2D eigenvalue weighted by atomic mass is 32.1. The van der Waals surface area contributed by atoms with Crippen molar-refractivity contribution in [3.8, 4) is 22.1 Å². The zero-order valence-electron chi connectivity index (χ0n) is 16.0. The first-order valence-electron chi connectivity index (χ1n) is 9.34. The van der Waals surface area contributed by atoms with Gasteiger partial charge in [0.2, 0.25) is 0 Å². The molecule has 144 valence electrons. The van der Waals surface area contributed by atoms with Crippen LogP contribution >= 0.6 is 11.3 Å². The number of nitrogens with zero attached hydrogens (tertiary/aromatic N) is 2. The Morgan fingerprint density at radius 3 is 2.61 bits per heavy atom. The molecule has 0 radical (unpaired) electrons. The second-order valence-corrected chi connectivity index (χ2v) is 7.56. The van der Waals surface area contributed by atoms with Gasteiger partial charge in [-0.1, -0.05) is 35.9 Å². The molecule has 0 saturated carbocycles. The van der Waals surface area contributed by atoms with Crippen molar-refractivity contribution in [2.45, 2.75) is 20.4 Å². The number of benzene rings is 2. The molecule has 0 N–H and O–H groups in total. The number of rotatable bonds is 5. The summed E-state index contributed by atoms with van der Waals surface area (Å²) in [5.41, 5.74) is 3.73. The van der Waals surface area contributed by atoms with E-state index in [1.54, 1.807) is 4.90 Å². The fourth-order valence-electron chi connectivity index (χ4n) is 3.10. The third-order valence-electron chi connectivity index (χ3n) is 4.67. The van der Waals surface area contributed by atoms with E-state index in [0.717, 1.165) is 27.6 Å². The van der Waals surface area contributed by atoms with Crippen LogP contribution in [0.5, 0.6) is 11.5 Å². The predicted molar refractivity (Wildman–Crippen MR) is 110 cm³/mol. The van der Waals surface area contributed by atoms with Crippen molar-refractivity contribution in [3.05, 3.63) is 64.7 Å².